The summed E-state index contributed by atoms with van der Waals surface area (Å²) in [4.78, 5) is 4.03. The van der Waals surface area contributed by atoms with Gasteiger partial charge in [-0.05, 0) is 5.41 Å². The van der Waals surface area contributed by atoms with Gasteiger partial charge in [0.1, 0.15) is 6.10 Å². The summed E-state index contributed by atoms with van der Waals surface area (Å²) in [5.74, 6) is 0.435. The highest BCUT2D eigenvalue weighted by atomic mass is 19.4. The molecule has 1 aromatic heterocycles. The zero-order chi connectivity index (χ0) is 14.7. The predicted molar refractivity (Wildman–Crippen MR) is 61.3 cm³/mol. The van der Waals surface area contributed by atoms with E-state index in [2.05, 4.69) is 15.5 Å². The van der Waals surface area contributed by atoms with Crippen LogP contribution in [0, 0.1) is 5.41 Å². The average Bonchev–Trinajstić information content (AvgIpc) is 2.63. The summed E-state index contributed by atoms with van der Waals surface area (Å²) >= 11 is 0. The molecule has 0 aromatic carbocycles. The minimum atomic E-state index is -4.26. The zero-order valence-corrected chi connectivity index (χ0v) is 11.3. The van der Waals surface area contributed by atoms with Crippen molar-refractivity contribution in [1.29, 1.82) is 0 Å². The van der Waals surface area contributed by atoms with Gasteiger partial charge >= 0.3 is 6.18 Å². The van der Waals surface area contributed by atoms with E-state index in [9.17, 15) is 13.2 Å². The van der Waals surface area contributed by atoms with E-state index in [1.807, 2.05) is 20.8 Å². The quantitative estimate of drug-likeness (QED) is 0.898. The van der Waals surface area contributed by atoms with Crippen molar-refractivity contribution < 1.29 is 22.4 Å². The van der Waals surface area contributed by atoms with Crippen LogP contribution in [0.2, 0.25) is 0 Å². The number of aromatic nitrogens is 2. The number of alkyl halides is 3. The molecular formula is C11H18F3N3O2. The van der Waals surface area contributed by atoms with E-state index in [1.165, 1.54) is 7.11 Å². The standard InChI is InChI=1S/C11H18F3N3O2/c1-10(2,3)8(18-4)9-16-7(19-17-9)5-15-6-11(12,13)14/h8,15H,5-6H2,1-4H3. The number of nitrogens with zero attached hydrogens (tertiary/aromatic N) is 2. The van der Waals surface area contributed by atoms with Gasteiger partial charge in [0.25, 0.3) is 0 Å². The molecule has 1 rings (SSSR count). The predicted octanol–water partition coefficient (Wildman–Crippen LogP) is 2.46. The van der Waals surface area contributed by atoms with Crippen LogP contribution in [-0.4, -0.2) is 30.0 Å². The van der Waals surface area contributed by atoms with E-state index >= 15 is 0 Å². The van der Waals surface area contributed by atoms with Crippen molar-refractivity contribution in [3.8, 4) is 0 Å². The Labute approximate surface area is 109 Å². The summed E-state index contributed by atoms with van der Waals surface area (Å²) < 4.78 is 46.0. The van der Waals surface area contributed by atoms with E-state index in [0.717, 1.165) is 0 Å². The first-order valence-corrected chi connectivity index (χ1v) is 5.76. The summed E-state index contributed by atoms with van der Waals surface area (Å²) in [6, 6.07) is 0. The molecule has 0 saturated carbocycles. The molecule has 0 radical (unpaired) electrons. The fourth-order valence-electron chi connectivity index (χ4n) is 1.60. The highest BCUT2D eigenvalue weighted by Crippen LogP contribution is 2.33. The van der Waals surface area contributed by atoms with Crippen LogP contribution in [0.5, 0.6) is 0 Å². The molecule has 5 nitrogen and oxygen atoms in total. The molecular weight excluding hydrogens is 263 g/mol. The lowest BCUT2D eigenvalue weighted by atomic mass is 9.88. The normalized spacial score (nSPS) is 14.7. The van der Waals surface area contributed by atoms with Gasteiger partial charge in [0.05, 0.1) is 13.1 Å². The Kier molecular flexibility index (Phi) is 4.92. The maximum absolute atomic E-state index is 12.0. The van der Waals surface area contributed by atoms with E-state index < -0.39 is 12.7 Å². The smallest absolute Gasteiger partial charge is 0.373 e. The van der Waals surface area contributed by atoms with Crippen LogP contribution >= 0.6 is 0 Å². The third-order valence-corrected chi connectivity index (χ3v) is 2.34. The summed E-state index contributed by atoms with van der Waals surface area (Å²) in [5, 5.41) is 5.93. The largest absolute Gasteiger partial charge is 0.401 e. The molecule has 0 aliphatic heterocycles. The SMILES string of the molecule is COC(c1noc(CNCC(F)(F)F)n1)C(C)(C)C. The van der Waals surface area contributed by atoms with Crippen molar-refractivity contribution in [2.45, 2.75) is 39.6 Å². The van der Waals surface area contributed by atoms with Gasteiger partial charge in [-0.15, -0.1) is 0 Å². The molecule has 1 unspecified atom stereocenters. The van der Waals surface area contributed by atoms with E-state index in [-0.39, 0.29) is 24.0 Å². The topological polar surface area (TPSA) is 60.2 Å². The highest BCUT2D eigenvalue weighted by Gasteiger charge is 2.31. The monoisotopic (exact) mass is 281 g/mol. The van der Waals surface area contributed by atoms with Gasteiger partial charge in [0.2, 0.25) is 11.7 Å². The minimum absolute atomic E-state index is 0.102. The Morgan fingerprint density at radius 2 is 1.95 bits per heavy atom. The van der Waals surface area contributed by atoms with Crippen molar-refractivity contribution in [1.82, 2.24) is 15.5 Å². The Morgan fingerprint density at radius 3 is 2.42 bits per heavy atom. The second-order valence-electron chi connectivity index (χ2n) is 5.25. The summed E-state index contributed by atoms with van der Waals surface area (Å²) in [7, 11) is 1.52. The average molecular weight is 281 g/mol. The lowest BCUT2D eigenvalue weighted by Gasteiger charge is -2.26. The Balaban J connectivity index is 2.62. The van der Waals surface area contributed by atoms with Crippen molar-refractivity contribution >= 4 is 0 Å². The number of hydrogen-bond donors (Lipinski definition) is 1. The molecule has 1 heterocycles. The van der Waals surface area contributed by atoms with E-state index in [1.54, 1.807) is 0 Å². The zero-order valence-electron chi connectivity index (χ0n) is 11.3. The first-order chi connectivity index (χ1) is 8.63. The molecule has 8 heteroatoms. The molecule has 110 valence electrons. The van der Waals surface area contributed by atoms with Gasteiger partial charge in [-0.2, -0.15) is 18.2 Å². The van der Waals surface area contributed by atoms with E-state index in [4.69, 9.17) is 9.26 Å². The first-order valence-electron chi connectivity index (χ1n) is 5.76. The van der Waals surface area contributed by atoms with Gasteiger partial charge in [0, 0.05) is 7.11 Å². The van der Waals surface area contributed by atoms with Crippen LogP contribution in [0.15, 0.2) is 4.52 Å². The summed E-state index contributed by atoms with van der Waals surface area (Å²) in [5.41, 5.74) is -0.241. The number of halogens is 3. The van der Waals surface area contributed by atoms with Gasteiger partial charge in [-0.3, -0.25) is 0 Å². The Bertz CT molecular complexity index is 399. The third kappa shape index (κ3) is 5.15. The number of rotatable bonds is 5. The maximum Gasteiger partial charge on any atom is 0.401 e. The molecule has 0 amide bonds. The molecule has 0 fully saturated rings. The van der Waals surface area contributed by atoms with Crippen molar-refractivity contribution in [2.75, 3.05) is 13.7 Å². The molecule has 0 aliphatic rings. The molecule has 0 spiro atoms. The van der Waals surface area contributed by atoms with Crippen LogP contribution in [0.1, 0.15) is 38.6 Å². The second kappa shape index (κ2) is 5.87. The van der Waals surface area contributed by atoms with Gasteiger partial charge in [-0.25, -0.2) is 0 Å². The molecule has 0 saturated heterocycles. The number of hydrogen-bond acceptors (Lipinski definition) is 5. The lowest BCUT2D eigenvalue weighted by Crippen LogP contribution is -2.28. The number of nitrogens with one attached hydrogen (secondary N) is 1. The fraction of sp³-hybridized carbons (Fsp3) is 0.818. The van der Waals surface area contributed by atoms with Crippen LogP contribution in [0.4, 0.5) is 13.2 Å². The van der Waals surface area contributed by atoms with Gasteiger partial charge < -0.3 is 14.6 Å². The van der Waals surface area contributed by atoms with Gasteiger partial charge in [-0.1, -0.05) is 25.9 Å². The minimum Gasteiger partial charge on any atom is -0.373 e. The van der Waals surface area contributed by atoms with Crippen molar-refractivity contribution in [2.24, 2.45) is 5.41 Å². The maximum atomic E-state index is 12.0. The lowest BCUT2D eigenvalue weighted by molar-refractivity contribution is -0.125. The summed E-state index contributed by atoms with van der Waals surface area (Å²) in [6.07, 6.45) is -4.64. The van der Waals surface area contributed by atoms with Crippen LogP contribution < -0.4 is 5.32 Å². The number of ether oxygens (including phenoxy) is 1. The molecule has 0 bridgehead atoms. The highest BCUT2D eigenvalue weighted by molar-refractivity contribution is 4.96. The second-order valence-corrected chi connectivity index (χ2v) is 5.25. The number of methoxy groups -OCH3 is 1. The van der Waals surface area contributed by atoms with E-state index in [0.29, 0.717) is 5.82 Å². The first kappa shape index (κ1) is 15.9. The third-order valence-electron chi connectivity index (χ3n) is 2.34. The molecule has 1 aromatic rings. The fourth-order valence-corrected chi connectivity index (χ4v) is 1.60. The Morgan fingerprint density at radius 1 is 1.32 bits per heavy atom. The summed E-state index contributed by atoms with van der Waals surface area (Å²) in [6.45, 7) is 4.60. The molecule has 1 atom stereocenters. The molecule has 19 heavy (non-hydrogen) atoms. The van der Waals surface area contributed by atoms with Gasteiger partial charge in [0.15, 0.2) is 0 Å². The van der Waals surface area contributed by atoms with Crippen LogP contribution in [0.25, 0.3) is 0 Å². The molecule has 0 aliphatic carbocycles. The van der Waals surface area contributed by atoms with Crippen LogP contribution in [0.3, 0.4) is 0 Å². The molecule has 1 N–H and O–H groups in total. The van der Waals surface area contributed by atoms with Crippen molar-refractivity contribution in [3.05, 3.63) is 11.7 Å². The van der Waals surface area contributed by atoms with Crippen LogP contribution in [-0.2, 0) is 11.3 Å². The van der Waals surface area contributed by atoms with Crippen molar-refractivity contribution in [3.63, 3.8) is 0 Å². The Hall–Kier alpha value is -1.15.